The van der Waals surface area contributed by atoms with Crippen LogP contribution in [0, 0.1) is 11.8 Å². The number of fused-ring (bicyclic) bond motifs is 3. The molecule has 1 saturated carbocycles. The minimum Gasteiger partial charge on any atom is -0.396 e. The number of aryl methyl sites for hydroxylation is 1. The van der Waals surface area contributed by atoms with Crippen LogP contribution in [0.1, 0.15) is 43.2 Å². The van der Waals surface area contributed by atoms with Crippen LogP contribution in [0.4, 0.5) is 0 Å². The van der Waals surface area contributed by atoms with E-state index in [1.807, 2.05) is 0 Å². The van der Waals surface area contributed by atoms with Crippen LogP contribution in [0.15, 0.2) is 24.3 Å². The van der Waals surface area contributed by atoms with Gasteiger partial charge >= 0.3 is 0 Å². The SMILES string of the molecule is CCC(CCO)NC(=O)C1C2CCc3ccccc3C21. The zero-order chi connectivity index (χ0) is 14.1. The van der Waals surface area contributed by atoms with Gasteiger partial charge in [-0.25, -0.2) is 0 Å². The molecule has 20 heavy (non-hydrogen) atoms. The van der Waals surface area contributed by atoms with Gasteiger partial charge in [0.1, 0.15) is 0 Å². The summed E-state index contributed by atoms with van der Waals surface area (Å²) in [5.74, 6) is 1.33. The molecule has 0 saturated heterocycles. The summed E-state index contributed by atoms with van der Waals surface area (Å²) in [6, 6.07) is 8.66. The summed E-state index contributed by atoms with van der Waals surface area (Å²) in [5, 5.41) is 12.1. The van der Waals surface area contributed by atoms with E-state index in [2.05, 4.69) is 36.5 Å². The van der Waals surface area contributed by atoms with Gasteiger partial charge in [0.2, 0.25) is 5.91 Å². The molecule has 0 spiro atoms. The van der Waals surface area contributed by atoms with Crippen molar-refractivity contribution in [2.45, 2.75) is 44.6 Å². The van der Waals surface area contributed by atoms with Crippen LogP contribution < -0.4 is 5.32 Å². The molecule has 0 heterocycles. The van der Waals surface area contributed by atoms with E-state index in [0.29, 0.717) is 18.3 Å². The number of rotatable bonds is 5. The number of nitrogens with one attached hydrogen (secondary N) is 1. The number of carbonyl (C=O) groups is 1. The topological polar surface area (TPSA) is 49.3 Å². The Bertz CT molecular complexity index is 500. The van der Waals surface area contributed by atoms with Gasteiger partial charge in [0.25, 0.3) is 0 Å². The Hall–Kier alpha value is -1.35. The third kappa shape index (κ3) is 2.35. The molecule has 2 aliphatic rings. The van der Waals surface area contributed by atoms with E-state index in [4.69, 9.17) is 5.11 Å². The van der Waals surface area contributed by atoms with Crippen LogP contribution in [0.25, 0.3) is 0 Å². The van der Waals surface area contributed by atoms with Crippen molar-refractivity contribution in [3.05, 3.63) is 35.4 Å². The molecule has 1 aromatic rings. The number of benzene rings is 1. The number of amides is 1. The highest BCUT2D eigenvalue weighted by Crippen LogP contribution is 2.59. The lowest BCUT2D eigenvalue weighted by molar-refractivity contribution is -0.123. The Morgan fingerprint density at radius 3 is 3.00 bits per heavy atom. The fraction of sp³-hybridized carbons (Fsp3) is 0.588. The molecule has 0 aliphatic heterocycles. The van der Waals surface area contributed by atoms with Gasteiger partial charge in [-0.1, -0.05) is 31.2 Å². The summed E-state index contributed by atoms with van der Waals surface area (Å²) in [4.78, 5) is 12.4. The van der Waals surface area contributed by atoms with E-state index >= 15 is 0 Å². The van der Waals surface area contributed by atoms with Gasteiger partial charge in [0.05, 0.1) is 0 Å². The molecule has 1 fully saturated rings. The molecule has 1 amide bonds. The molecular weight excluding hydrogens is 250 g/mol. The normalized spacial score (nSPS) is 28.2. The number of carbonyl (C=O) groups excluding carboxylic acids is 1. The molecule has 0 aromatic heterocycles. The van der Waals surface area contributed by atoms with Gasteiger partial charge in [0, 0.05) is 18.6 Å². The van der Waals surface area contributed by atoms with Crippen molar-refractivity contribution < 1.29 is 9.90 Å². The Morgan fingerprint density at radius 1 is 1.45 bits per heavy atom. The lowest BCUT2D eigenvalue weighted by atomic mass is 9.92. The first-order valence-corrected chi connectivity index (χ1v) is 7.75. The molecule has 2 aliphatic carbocycles. The number of hydrogen-bond donors (Lipinski definition) is 2. The average Bonchev–Trinajstić information content (AvgIpc) is 3.21. The monoisotopic (exact) mass is 273 g/mol. The predicted molar refractivity (Wildman–Crippen MR) is 78.4 cm³/mol. The van der Waals surface area contributed by atoms with E-state index in [9.17, 15) is 4.79 Å². The zero-order valence-corrected chi connectivity index (χ0v) is 12.0. The van der Waals surface area contributed by atoms with Crippen molar-refractivity contribution in [1.82, 2.24) is 5.32 Å². The molecule has 4 atom stereocenters. The molecule has 3 heteroatoms. The van der Waals surface area contributed by atoms with Gasteiger partial charge in [-0.3, -0.25) is 4.79 Å². The van der Waals surface area contributed by atoms with E-state index in [0.717, 1.165) is 19.3 Å². The smallest absolute Gasteiger partial charge is 0.224 e. The van der Waals surface area contributed by atoms with Gasteiger partial charge in [-0.05, 0) is 48.6 Å². The van der Waals surface area contributed by atoms with E-state index in [-0.39, 0.29) is 24.5 Å². The van der Waals surface area contributed by atoms with Crippen LogP contribution in [-0.4, -0.2) is 23.7 Å². The van der Waals surface area contributed by atoms with E-state index < -0.39 is 0 Å². The zero-order valence-electron chi connectivity index (χ0n) is 12.0. The number of aliphatic hydroxyl groups excluding tert-OH is 1. The van der Waals surface area contributed by atoms with E-state index in [1.165, 1.54) is 11.1 Å². The van der Waals surface area contributed by atoms with Crippen molar-refractivity contribution in [2.75, 3.05) is 6.61 Å². The second kappa shape index (κ2) is 5.57. The van der Waals surface area contributed by atoms with Gasteiger partial charge < -0.3 is 10.4 Å². The molecule has 3 rings (SSSR count). The Morgan fingerprint density at radius 2 is 2.25 bits per heavy atom. The highest BCUT2D eigenvalue weighted by atomic mass is 16.3. The quantitative estimate of drug-likeness (QED) is 0.864. The summed E-state index contributed by atoms with van der Waals surface area (Å²) in [6.45, 7) is 2.19. The molecule has 0 bridgehead atoms. The summed E-state index contributed by atoms with van der Waals surface area (Å²) >= 11 is 0. The summed E-state index contributed by atoms with van der Waals surface area (Å²) in [6.07, 6.45) is 3.78. The van der Waals surface area contributed by atoms with Crippen molar-refractivity contribution >= 4 is 5.91 Å². The highest BCUT2D eigenvalue weighted by Gasteiger charge is 2.56. The minimum absolute atomic E-state index is 0.116. The second-order valence-electron chi connectivity index (χ2n) is 6.08. The molecule has 2 N–H and O–H groups in total. The standard InChI is InChI=1S/C17H23NO2/c1-2-12(9-10-19)18-17(20)16-14-8-7-11-5-3-4-6-13(11)15(14)16/h3-6,12,14-16,19H,2,7-10H2,1H3,(H,18,20). The fourth-order valence-electron chi connectivity index (χ4n) is 3.76. The van der Waals surface area contributed by atoms with Crippen LogP contribution in [0.3, 0.4) is 0 Å². The first-order chi connectivity index (χ1) is 9.76. The Labute approximate surface area is 120 Å². The third-order valence-corrected chi connectivity index (χ3v) is 4.95. The lowest BCUT2D eigenvalue weighted by Crippen LogP contribution is -2.36. The third-order valence-electron chi connectivity index (χ3n) is 4.95. The minimum atomic E-state index is 0.116. The largest absolute Gasteiger partial charge is 0.396 e. The van der Waals surface area contributed by atoms with Gasteiger partial charge in [-0.2, -0.15) is 0 Å². The molecule has 4 unspecified atom stereocenters. The van der Waals surface area contributed by atoms with Crippen molar-refractivity contribution in [1.29, 1.82) is 0 Å². The van der Waals surface area contributed by atoms with Crippen LogP contribution in [0.5, 0.6) is 0 Å². The Balaban J connectivity index is 1.68. The summed E-state index contributed by atoms with van der Waals surface area (Å²) in [5.41, 5.74) is 2.81. The van der Waals surface area contributed by atoms with Crippen molar-refractivity contribution in [2.24, 2.45) is 11.8 Å². The van der Waals surface area contributed by atoms with Crippen molar-refractivity contribution in [3.8, 4) is 0 Å². The van der Waals surface area contributed by atoms with Gasteiger partial charge in [-0.15, -0.1) is 0 Å². The maximum atomic E-state index is 12.4. The maximum absolute atomic E-state index is 12.4. The molecule has 3 nitrogen and oxygen atoms in total. The molecule has 0 radical (unpaired) electrons. The number of hydrogen-bond acceptors (Lipinski definition) is 2. The number of aliphatic hydroxyl groups is 1. The first kappa shape index (κ1) is 13.6. The van der Waals surface area contributed by atoms with Crippen LogP contribution in [0.2, 0.25) is 0 Å². The second-order valence-corrected chi connectivity index (χ2v) is 6.08. The highest BCUT2D eigenvalue weighted by molar-refractivity contribution is 5.84. The average molecular weight is 273 g/mol. The maximum Gasteiger partial charge on any atom is 0.224 e. The van der Waals surface area contributed by atoms with Crippen LogP contribution in [-0.2, 0) is 11.2 Å². The molecular formula is C17H23NO2. The fourth-order valence-corrected chi connectivity index (χ4v) is 3.76. The predicted octanol–water partition coefficient (Wildman–Crippen LogP) is 2.24. The lowest BCUT2D eigenvalue weighted by Gasteiger charge is -2.15. The van der Waals surface area contributed by atoms with Crippen LogP contribution >= 0.6 is 0 Å². The Kier molecular flexibility index (Phi) is 3.79. The molecule has 1 aromatic carbocycles. The summed E-state index contributed by atoms with van der Waals surface area (Å²) in [7, 11) is 0. The van der Waals surface area contributed by atoms with E-state index in [1.54, 1.807) is 0 Å². The first-order valence-electron chi connectivity index (χ1n) is 7.75. The summed E-state index contributed by atoms with van der Waals surface area (Å²) < 4.78 is 0. The van der Waals surface area contributed by atoms with Crippen molar-refractivity contribution in [3.63, 3.8) is 0 Å². The van der Waals surface area contributed by atoms with Gasteiger partial charge in [0.15, 0.2) is 0 Å². The molecule has 108 valence electrons.